The quantitative estimate of drug-likeness (QED) is 0.743. The first kappa shape index (κ1) is 22.5. The van der Waals surface area contributed by atoms with E-state index in [1.807, 2.05) is 6.92 Å². The van der Waals surface area contributed by atoms with Gasteiger partial charge in [0.05, 0.1) is 30.9 Å². The van der Waals surface area contributed by atoms with Crippen LogP contribution in [0.4, 0.5) is 8.78 Å². The van der Waals surface area contributed by atoms with E-state index in [2.05, 4.69) is 22.1 Å². The average Bonchev–Trinajstić information content (AvgIpc) is 3.05. The SMILES string of the molecule is CC(c1ccc(OC(F)F)cc1)N1C(=O)c2c3c(nn2CC1CO)C[C@@H](C)NC3.Cl. The molecule has 0 spiro atoms. The van der Waals surface area contributed by atoms with Crippen molar-refractivity contribution in [3.8, 4) is 5.75 Å². The minimum absolute atomic E-state index is 0. The number of alkyl halides is 2. The number of hydrogen-bond donors (Lipinski definition) is 2. The van der Waals surface area contributed by atoms with Crippen molar-refractivity contribution >= 4 is 18.3 Å². The van der Waals surface area contributed by atoms with Crippen LogP contribution < -0.4 is 10.1 Å². The number of amides is 1. The fraction of sp³-hybridized carbons (Fsp3) is 0.500. The Balaban J connectivity index is 0.00000256. The zero-order chi connectivity index (χ0) is 20.7. The van der Waals surface area contributed by atoms with E-state index in [9.17, 15) is 18.7 Å². The number of carbonyl (C=O) groups is 1. The van der Waals surface area contributed by atoms with E-state index in [-0.39, 0.29) is 36.7 Å². The molecule has 7 nitrogen and oxygen atoms in total. The van der Waals surface area contributed by atoms with Gasteiger partial charge in [0.15, 0.2) is 0 Å². The zero-order valence-corrected chi connectivity index (χ0v) is 17.5. The fourth-order valence-electron chi connectivity index (χ4n) is 4.21. The van der Waals surface area contributed by atoms with Gasteiger partial charge in [-0.25, -0.2) is 0 Å². The van der Waals surface area contributed by atoms with Gasteiger partial charge in [-0.15, -0.1) is 12.4 Å². The third kappa shape index (κ3) is 4.01. The number of aliphatic hydroxyl groups excluding tert-OH is 1. The van der Waals surface area contributed by atoms with Crippen molar-refractivity contribution in [1.29, 1.82) is 0 Å². The Morgan fingerprint density at radius 3 is 2.67 bits per heavy atom. The molecule has 2 aliphatic heterocycles. The molecule has 0 aliphatic carbocycles. The molecule has 2 aliphatic rings. The summed E-state index contributed by atoms with van der Waals surface area (Å²) < 4.78 is 30.9. The van der Waals surface area contributed by atoms with E-state index >= 15 is 0 Å². The summed E-state index contributed by atoms with van der Waals surface area (Å²) in [4.78, 5) is 15.1. The van der Waals surface area contributed by atoms with Crippen LogP contribution in [0.1, 0.15) is 47.2 Å². The molecule has 0 fully saturated rings. The highest BCUT2D eigenvalue weighted by Gasteiger charge is 2.40. The number of ether oxygens (including phenoxy) is 1. The second-order valence-electron chi connectivity index (χ2n) is 7.61. The molecular weight excluding hydrogens is 418 g/mol. The number of aliphatic hydroxyl groups is 1. The first-order valence-electron chi connectivity index (χ1n) is 9.69. The Hall–Kier alpha value is -2.23. The van der Waals surface area contributed by atoms with Gasteiger partial charge in [-0.05, 0) is 31.5 Å². The summed E-state index contributed by atoms with van der Waals surface area (Å²) in [6, 6.07) is 5.76. The third-order valence-electron chi connectivity index (χ3n) is 5.69. The van der Waals surface area contributed by atoms with E-state index in [0.717, 1.165) is 23.2 Å². The van der Waals surface area contributed by atoms with Crippen LogP contribution in [0.15, 0.2) is 24.3 Å². The number of nitrogens with zero attached hydrogens (tertiary/aromatic N) is 3. The first-order valence-corrected chi connectivity index (χ1v) is 9.69. The molecule has 2 unspecified atom stereocenters. The molecule has 3 atom stereocenters. The molecule has 0 bridgehead atoms. The van der Waals surface area contributed by atoms with Crippen molar-refractivity contribution in [2.24, 2.45) is 0 Å². The predicted molar refractivity (Wildman–Crippen MR) is 108 cm³/mol. The van der Waals surface area contributed by atoms with Crippen LogP contribution in [-0.4, -0.2) is 51.0 Å². The molecule has 3 heterocycles. The van der Waals surface area contributed by atoms with E-state index < -0.39 is 12.7 Å². The monoisotopic (exact) mass is 442 g/mol. The molecule has 10 heteroatoms. The van der Waals surface area contributed by atoms with Crippen LogP contribution in [-0.2, 0) is 19.5 Å². The van der Waals surface area contributed by atoms with Crippen molar-refractivity contribution in [2.75, 3.05) is 6.61 Å². The van der Waals surface area contributed by atoms with Gasteiger partial charge >= 0.3 is 6.61 Å². The molecule has 2 aromatic rings. The molecule has 1 aromatic heterocycles. The Kier molecular flexibility index (Phi) is 6.64. The summed E-state index contributed by atoms with van der Waals surface area (Å²) in [7, 11) is 0. The van der Waals surface area contributed by atoms with Gasteiger partial charge in [-0.2, -0.15) is 13.9 Å². The Labute approximate surface area is 179 Å². The minimum Gasteiger partial charge on any atom is -0.435 e. The Morgan fingerprint density at radius 2 is 2.03 bits per heavy atom. The lowest BCUT2D eigenvalue weighted by Crippen LogP contribution is -2.51. The summed E-state index contributed by atoms with van der Waals surface area (Å²) in [6.45, 7) is 1.86. The lowest BCUT2D eigenvalue weighted by Gasteiger charge is -2.39. The molecule has 30 heavy (non-hydrogen) atoms. The molecule has 164 valence electrons. The molecule has 4 rings (SSSR count). The van der Waals surface area contributed by atoms with Crippen LogP contribution in [0.3, 0.4) is 0 Å². The topological polar surface area (TPSA) is 79.6 Å². The summed E-state index contributed by atoms with van der Waals surface area (Å²) in [5.41, 5.74) is 3.18. The summed E-state index contributed by atoms with van der Waals surface area (Å²) >= 11 is 0. The number of hydrogen-bond acceptors (Lipinski definition) is 5. The number of nitrogens with one attached hydrogen (secondary N) is 1. The smallest absolute Gasteiger partial charge is 0.387 e. The maximum atomic E-state index is 13.4. The number of benzene rings is 1. The highest BCUT2D eigenvalue weighted by atomic mass is 35.5. The summed E-state index contributed by atoms with van der Waals surface area (Å²) in [6.07, 6.45) is 0.757. The van der Waals surface area contributed by atoms with Crippen molar-refractivity contribution in [3.63, 3.8) is 0 Å². The lowest BCUT2D eigenvalue weighted by atomic mass is 9.98. The predicted octanol–water partition coefficient (Wildman–Crippen LogP) is 2.52. The third-order valence-corrected chi connectivity index (χ3v) is 5.69. The highest BCUT2D eigenvalue weighted by molar-refractivity contribution is 5.95. The molecule has 0 saturated heterocycles. The van der Waals surface area contributed by atoms with Crippen LogP contribution >= 0.6 is 12.4 Å². The molecule has 0 radical (unpaired) electrons. The molecule has 1 aromatic carbocycles. The van der Waals surface area contributed by atoms with Crippen LogP contribution in [0.25, 0.3) is 0 Å². The Bertz CT molecular complexity index is 906. The van der Waals surface area contributed by atoms with Gasteiger partial charge in [0.2, 0.25) is 0 Å². The number of fused-ring (bicyclic) bond motifs is 3. The van der Waals surface area contributed by atoms with Gasteiger partial charge in [0, 0.05) is 24.6 Å². The van der Waals surface area contributed by atoms with Gasteiger partial charge < -0.3 is 20.1 Å². The van der Waals surface area contributed by atoms with Gasteiger partial charge in [-0.3, -0.25) is 9.48 Å². The molecule has 2 N–H and O–H groups in total. The van der Waals surface area contributed by atoms with E-state index in [0.29, 0.717) is 24.8 Å². The van der Waals surface area contributed by atoms with Crippen molar-refractivity contribution < 1.29 is 23.4 Å². The van der Waals surface area contributed by atoms with E-state index in [1.165, 1.54) is 12.1 Å². The maximum Gasteiger partial charge on any atom is 0.387 e. The number of aromatic nitrogens is 2. The summed E-state index contributed by atoms with van der Waals surface area (Å²) in [5, 5.41) is 17.9. The molecular formula is C20H25ClF2N4O3. The average molecular weight is 443 g/mol. The lowest BCUT2D eigenvalue weighted by molar-refractivity contribution is -0.0498. The van der Waals surface area contributed by atoms with Crippen LogP contribution in [0, 0.1) is 0 Å². The Morgan fingerprint density at radius 1 is 1.33 bits per heavy atom. The van der Waals surface area contributed by atoms with Crippen molar-refractivity contribution in [3.05, 3.63) is 46.8 Å². The standard InChI is InChI=1S/C20H24F2N4O3.ClH/c1-11-7-17-16(8-23-11)18-19(28)26(14(10-27)9-25(18)24-17)12(2)13-3-5-15(6-4-13)29-20(21)22;/h3-6,11-12,14,20,23,27H,7-10H2,1-2H3;1H/t11-,12?,14?;/m1./s1. The second-order valence-corrected chi connectivity index (χ2v) is 7.61. The fourth-order valence-corrected chi connectivity index (χ4v) is 4.21. The molecule has 1 amide bonds. The van der Waals surface area contributed by atoms with Gasteiger partial charge in [0.25, 0.3) is 5.91 Å². The van der Waals surface area contributed by atoms with Gasteiger partial charge in [-0.1, -0.05) is 12.1 Å². The summed E-state index contributed by atoms with van der Waals surface area (Å²) in [5.74, 6) is -0.118. The largest absolute Gasteiger partial charge is 0.435 e. The number of rotatable bonds is 5. The normalized spacial score (nSPS) is 21.7. The first-order chi connectivity index (χ1) is 13.9. The number of halogens is 3. The zero-order valence-electron chi connectivity index (χ0n) is 16.7. The van der Waals surface area contributed by atoms with Gasteiger partial charge in [0.1, 0.15) is 11.4 Å². The van der Waals surface area contributed by atoms with Crippen molar-refractivity contribution in [2.45, 2.75) is 58.1 Å². The molecule has 0 saturated carbocycles. The van der Waals surface area contributed by atoms with Crippen LogP contribution in [0.2, 0.25) is 0 Å². The van der Waals surface area contributed by atoms with E-state index in [4.69, 9.17) is 0 Å². The highest BCUT2D eigenvalue weighted by Crippen LogP contribution is 2.32. The van der Waals surface area contributed by atoms with E-state index in [1.54, 1.807) is 21.7 Å². The van der Waals surface area contributed by atoms with Crippen molar-refractivity contribution in [1.82, 2.24) is 20.0 Å². The number of carbonyl (C=O) groups excluding carboxylic acids is 1. The maximum absolute atomic E-state index is 13.4. The minimum atomic E-state index is -2.89. The second kappa shape index (κ2) is 8.87. The van der Waals surface area contributed by atoms with Crippen LogP contribution in [0.5, 0.6) is 5.75 Å².